The molecule has 3 rings (SSSR count). The van der Waals surface area contributed by atoms with Crippen molar-refractivity contribution in [1.29, 1.82) is 0 Å². The highest BCUT2D eigenvalue weighted by atomic mass is 16.5. The smallest absolute Gasteiger partial charge is 0.339 e. The second kappa shape index (κ2) is 7.17. The van der Waals surface area contributed by atoms with E-state index in [2.05, 4.69) is 5.32 Å². The molecule has 1 amide bonds. The zero-order valence-electron chi connectivity index (χ0n) is 13.5. The summed E-state index contributed by atoms with van der Waals surface area (Å²) < 4.78 is 10.4. The number of amides is 1. The third-order valence-corrected chi connectivity index (χ3v) is 3.88. The molecule has 1 aliphatic rings. The van der Waals surface area contributed by atoms with E-state index < -0.39 is 5.97 Å². The van der Waals surface area contributed by atoms with E-state index in [4.69, 9.17) is 9.47 Å². The zero-order chi connectivity index (χ0) is 16.9. The number of rotatable bonds is 6. The first-order chi connectivity index (χ1) is 11.7. The van der Waals surface area contributed by atoms with Crippen LogP contribution >= 0.6 is 0 Å². The predicted octanol–water partition coefficient (Wildman–Crippen LogP) is 3.51. The van der Waals surface area contributed by atoms with Gasteiger partial charge in [-0.05, 0) is 55.2 Å². The molecule has 24 heavy (non-hydrogen) atoms. The number of hydrogen-bond donors (Lipinski definition) is 1. The summed E-state index contributed by atoms with van der Waals surface area (Å²) in [5, 5.41) is 2.74. The second-order valence-corrected chi connectivity index (χ2v) is 5.77. The van der Waals surface area contributed by atoms with E-state index in [0.29, 0.717) is 22.7 Å². The minimum Gasteiger partial charge on any atom is -0.493 e. The van der Waals surface area contributed by atoms with Crippen molar-refractivity contribution >= 4 is 17.6 Å². The number of benzene rings is 2. The summed E-state index contributed by atoms with van der Waals surface area (Å²) in [6, 6.07) is 13.7. The Morgan fingerprint density at radius 3 is 2.46 bits per heavy atom. The third kappa shape index (κ3) is 3.93. The molecular weight excluding hydrogens is 306 g/mol. The van der Waals surface area contributed by atoms with E-state index in [-0.39, 0.29) is 5.91 Å². The maximum atomic E-state index is 12.4. The van der Waals surface area contributed by atoms with Gasteiger partial charge in [-0.3, -0.25) is 4.79 Å². The zero-order valence-corrected chi connectivity index (χ0v) is 13.5. The first kappa shape index (κ1) is 16.1. The van der Waals surface area contributed by atoms with Gasteiger partial charge in [0.1, 0.15) is 5.75 Å². The molecule has 5 nitrogen and oxygen atoms in total. The summed E-state index contributed by atoms with van der Waals surface area (Å²) in [7, 11) is 1.31. The van der Waals surface area contributed by atoms with E-state index in [1.165, 1.54) is 20.0 Å². The topological polar surface area (TPSA) is 64.6 Å². The van der Waals surface area contributed by atoms with Crippen molar-refractivity contribution in [3.63, 3.8) is 0 Å². The standard InChI is InChI=1S/C19H19NO4/c1-23-19(22)16-4-2-3-5-17(16)20-18(21)14-8-10-15(11-9-14)24-12-13-6-7-13/h2-5,8-11,13H,6-7,12H2,1H3,(H,20,21). The molecule has 1 aliphatic carbocycles. The Morgan fingerprint density at radius 1 is 1.08 bits per heavy atom. The highest BCUT2D eigenvalue weighted by Crippen LogP contribution is 2.29. The van der Waals surface area contributed by atoms with Gasteiger partial charge in [0, 0.05) is 5.56 Å². The van der Waals surface area contributed by atoms with Crippen molar-refractivity contribution in [2.24, 2.45) is 5.92 Å². The lowest BCUT2D eigenvalue weighted by atomic mass is 10.1. The van der Waals surface area contributed by atoms with Crippen LogP contribution in [0.5, 0.6) is 5.75 Å². The van der Waals surface area contributed by atoms with Crippen molar-refractivity contribution in [1.82, 2.24) is 0 Å². The molecular formula is C19H19NO4. The second-order valence-electron chi connectivity index (χ2n) is 5.77. The third-order valence-electron chi connectivity index (χ3n) is 3.88. The van der Waals surface area contributed by atoms with Gasteiger partial charge >= 0.3 is 5.97 Å². The number of methoxy groups -OCH3 is 1. The lowest BCUT2D eigenvalue weighted by molar-refractivity contribution is 0.0602. The maximum absolute atomic E-state index is 12.4. The van der Waals surface area contributed by atoms with Crippen LogP contribution in [0, 0.1) is 5.92 Å². The Labute approximate surface area is 140 Å². The highest BCUT2D eigenvalue weighted by molar-refractivity contribution is 6.08. The molecule has 0 saturated heterocycles. The first-order valence-electron chi connectivity index (χ1n) is 7.89. The minimum absolute atomic E-state index is 0.292. The van der Waals surface area contributed by atoms with Crippen LogP contribution in [0.4, 0.5) is 5.69 Å². The normalized spacial score (nSPS) is 13.2. The molecule has 0 aliphatic heterocycles. The number of nitrogens with one attached hydrogen (secondary N) is 1. The summed E-state index contributed by atoms with van der Waals surface area (Å²) in [6.45, 7) is 0.734. The average Bonchev–Trinajstić information content (AvgIpc) is 3.44. The molecule has 0 heterocycles. The van der Waals surface area contributed by atoms with Crippen LogP contribution in [0.15, 0.2) is 48.5 Å². The number of hydrogen-bond acceptors (Lipinski definition) is 4. The van der Waals surface area contributed by atoms with Gasteiger partial charge in [-0.1, -0.05) is 12.1 Å². The fraction of sp³-hybridized carbons (Fsp3) is 0.263. The van der Waals surface area contributed by atoms with E-state index in [9.17, 15) is 9.59 Å². The summed E-state index contributed by atoms with van der Waals surface area (Å²) in [4.78, 5) is 24.1. The van der Waals surface area contributed by atoms with Crippen LogP contribution in [0.2, 0.25) is 0 Å². The highest BCUT2D eigenvalue weighted by Gasteiger charge is 2.22. The van der Waals surface area contributed by atoms with Gasteiger partial charge in [0.15, 0.2) is 0 Å². The number of para-hydroxylation sites is 1. The van der Waals surface area contributed by atoms with Gasteiger partial charge in [0.05, 0.1) is 25.0 Å². The molecule has 0 unspecified atom stereocenters. The van der Waals surface area contributed by atoms with Crippen LogP contribution in [0.1, 0.15) is 33.6 Å². The lowest BCUT2D eigenvalue weighted by Crippen LogP contribution is -2.15. The maximum Gasteiger partial charge on any atom is 0.339 e. The average molecular weight is 325 g/mol. The van der Waals surface area contributed by atoms with Crippen molar-refractivity contribution in [2.45, 2.75) is 12.8 Å². The van der Waals surface area contributed by atoms with Crippen molar-refractivity contribution < 1.29 is 19.1 Å². The first-order valence-corrected chi connectivity index (χ1v) is 7.89. The van der Waals surface area contributed by atoms with E-state index in [1.54, 1.807) is 48.5 Å². The molecule has 2 aromatic carbocycles. The Hall–Kier alpha value is -2.82. The molecule has 0 spiro atoms. The Morgan fingerprint density at radius 2 is 1.79 bits per heavy atom. The van der Waals surface area contributed by atoms with Crippen molar-refractivity contribution in [3.05, 3.63) is 59.7 Å². The molecule has 0 radical (unpaired) electrons. The number of carbonyl (C=O) groups excluding carboxylic acids is 2. The van der Waals surface area contributed by atoms with Gasteiger partial charge in [-0.25, -0.2) is 4.79 Å². The number of carbonyl (C=O) groups is 2. The fourth-order valence-electron chi connectivity index (χ4n) is 2.28. The van der Waals surface area contributed by atoms with Crippen molar-refractivity contribution in [2.75, 3.05) is 19.0 Å². The number of esters is 1. The van der Waals surface area contributed by atoms with Gasteiger partial charge < -0.3 is 14.8 Å². The lowest BCUT2D eigenvalue weighted by Gasteiger charge is -2.10. The monoisotopic (exact) mass is 325 g/mol. The van der Waals surface area contributed by atoms with Crippen molar-refractivity contribution in [3.8, 4) is 5.75 Å². The summed E-state index contributed by atoms with van der Waals surface area (Å²) in [5.41, 5.74) is 1.23. The molecule has 2 aromatic rings. The molecule has 124 valence electrons. The van der Waals surface area contributed by atoms with Crippen LogP contribution in [-0.4, -0.2) is 25.6 Å². The molecule has 0 aromatic heterocycles. The van der Waals surface area contributed by atoms with E-state index >= 15 is 0 Å². The van der Waals surface area contributed by atoms with E-state index in [1.807, 2.05) is 0 Å². The summed E-state index contributed by atoms with van der Waals surface area (Å²) in [5.74, 6) is 0.658. The van der Waals surface area contributed by atoms with Gasteiger partial charge in [0.2, 0.25) is 0 Å². The van der Waals surface area contributed by atoms with Crippen LogP contribution in [0.25, 0.3) is 0 Å². The minimum atomic E-state index is -0.491. The largest absolute Gasteiger partial charge is 0.493 e. The van der Waals surface area contributed by atoms with Crippen LogP contribution in [0.3, 0.4) is 0 Å². The molecule has 1 saturated carbocycles. The molecule has 1 N–H and O–H groups in total. The summed E-state index contributed by atoms with van der Waals surface area (Å²) >= 11 is 0. The molecule has 1 fully saturated rings. The number of anilines is 1. The van der Waals surface area contributed by atoms with Gasteiger partial charge in [0.25, 0.3) is 5.91 Å². The van der Waals surface area contributed by atoms with Crippen LogP contribution < -0.4 is 10.1 Å². The Kier molecular flexibility index (Phi) is 4.79. The van der Waals surface area contributed by atoms with Gasteiger partial charge in [-0.2, -0.15) is 0 Å². The summed E-state index contributed by atoms with van der Waals surface area (Å²) in [6.07, 6.45) is 2.47. The number of ether oxygens (including phenoxy) is 2. The Balaban J connectivity index is 1.67. The van der Waals surface area contributed by atoms with Crippen LogP contribution in [-0.2, 0) is 4.74 Å². The predicted molar refractivity (Wildman–Crippen MR) is 90.4 cm³/mol. The molecule has 0 atom stereocenters. The molecule has 5 heteroatoms. The SMILES string of the molecule is COC(=O)c1ccccc1NC(=O)c1ccc(OCC2CC2)cc1. The van der Waals surface area contributed by atoms with E-state index in [0.717, 1.165) is 12.4 Å². The van der Waals surface area contributed by atoms with Gasteiger partial charge in [-0.15, -0.1) is 0 Å². The molecule has 0 bridgehead atoms. The quantitative estimate of drug-likeness (QED) is 0.825. The Bertz CT molecular complexity index is 735. The fourth-order valence-corrected chi connectivity index (χ4v) is 2.28.